The first kappa shape index (κ1) is 23.0. The van der Waals surface area contributed by atoms with Crippen LogP contribution in [0.1, 0.15) is 16.8 Å². The molecule has 26 heavy (non-hydrogen) atoms. The highest BCUT2D eigenvalue weighted by atomic mass is 35.5. The summed E-state index contributed by atoms with van der Waals surface area (Å²) in [4.78, 5) is 12.2. The lowest BCUT2D eigenvalue weighted by atomic mass is 10.1. The topological polar surface area (TPSA) is 35.5 Å². The average molecular weight is 434 g/mol. The second-order valence-electron chi connectivity index (χ2n) is 6.73. The molecule has 1 aromatic carbocycles. The summed E-state index contributed by atoms with van der Waals surface area (Å²) >= 11 is 17.6. The Bertz CT molecular complexity index is 708. The molecule has 0 bridgehead atoms. The van der Waals surface area contributed by atoms with E-state index in [0.717, 1.165) is 5.57 Å². The van der Waals surface area contributed by atoms with Crippen LogP contribution >= 0.6 is 34.8 Å². The molecule has 0 N–H and O–H groups in total. The monoisotopic (exact) mass is 432 g/mol. The second kappa shape index (κ2) is 10.3. The van der Waals surface area contributed by atoms with Crippen molar-refractivity contribution in [2.45, 2.75) is 32.2 Å². The van der Waals surface area contributed by atoms with Gasteiger partial charge in [0.15, 0.2) is 8.32 Å². The third-order valence-electron chi connectivity index (χ3n) is 3.04. The first-order valence-corrected chi connectivity index (χ1v) is 12.5. The minimum atomic E-state index is -1.77. The molecule has 7 heteroatoms. The van der Waals surface area contributed by atoms with Gasteiger partial charge in [0.1, 0.15) is 6.61 Å². The van der Waals surface area contributed by atoms with Crippen molar-refractivity contribution in [2.24, 2.45) is 0 Å². The Morgan fingerprint density at radius 3 is 2.46 bits per heavy atom. The zero-order chi connectivity index (χ0) is 19.9. The van der Waals surface area contributed by atoms with E-state index >= 15 is 0 Å². The van der Waals surface area contributed by atoms with Crippen LogP contribution in [-0.2, 0) is 9.16 Å². The predicted molar refractivity (Wildman–Crippen MR) is 113 cm³/mol. The van der Waals surface area contributed by atoms with Crippen molar-refractivity contribution in [2.75, 3.05) is 6.61 Å². The van der Waals surface area contributed by atoms with E-state index in [-0.39, 0.29) is 23.3 Å². The van der Waals surface area contributed by atoms with Gasteiger partial charge in [0, 0.05) is 16.5 Å². The predicted octanol–water partition coefficient (Wildman–Crippen LogP) is 6.63. The molecule has 0 saturated heterocycles. The Morgan fingerprint density at radius 1 is 1.27 bits per heavy atom. The van der Waals surface area contributed by atoms with Crippen molar-refractivity contribution in [1.82, 2.24) is 0 Å². The van der Waals surface area contributed by atoms with Gasteiger partial charge in [0.05, 0.1) is 16.7 Å². The molecule has 3 nitrogen and oxygen atoms in total. The van der Waals surface area contributed by atoms with Gasteiger partial charge in [0.25, 0.3) is 0 Å². The Balaban J connectivity index is 2.66. The number of ether oxygens (including phenoxy) is 1. The molecule has 0 unspecified atom stereocenters. The summed E-state index contributed by atoms with van der Waals surface area (Å²) in [6.07, 6.45) is 3.84. The molecule has 0 aliphatic heterocycles. The fraction of sp³-hybridized carbons (Fsp3) is 0.316. The van der Waals surface area contributed by atoms with Gasteiger partial charge in [-0.25, -0.2) is 4.79 Å². The normalized spacial score (nSPS) is 12.8. The first-order chi connectivity index (χ1) is 12.0. The van der Waals surface area contributed by atoms with E-state index in [1.165, 1.54) is 12.1 Å². The summed E-state index contributed by atoms with van der Waals surface area (Å²) in [5.74, 6) is -0.528. The number of hydrogen-bond acceptors (Lipinski definition) is 3. The minimum Gasteiger partial charge on any atom is -0.458 e. The van der Waals surface area contributed by atoms with Crippen LogP contribution in [0.15, 0.2) is 54.1 Å². The van der Waals surface area contributed by atoms with Gasteiger partial charge < -0.3 is 9.16 Å². The summed E-state index contributed by atoms with van der Waals surface area (Å²) in [6, 6.07) is 4.61. The molecular formula is C19H23Cl3O3Si. The van der Waals surface area contributed by atoms with Gasteiger partial charge >= 0.3 is 5.97 Å². The molecule has 0 radical (unpaired) electrons. The number of esters is 1. The molecule has 0 spiro atoms. The van der Waals surface area contributed by atoms with Crippen molar-refractivity contribution < 1.29 is 14.0 Å². The Hall–Kier alpha value is -1.04. The third-order valence-corrected chi connectivity index (χ3v) is 4.73. The molecule has 0 aromatic heterocycles. The van der Waals surface area contributed by atoms with Crippen LogP contribution in [0.25, 0.3) is 0 Å². The Kier molecular flexibility index (Phi) is 9.14. The number of rotatable bonds is 9. The van der Waals surface area contributed by atoms with E-state index in [4.69, 9.17) is 44.0 Å². The van der Waals surface area contributed by atoms with Crippen LogP contribution in [0.3, 0.4) is 0 Å². The number of allylic oxidation sites excluding steroid dienone is 2. The minimum absolute atomic E-state index is 0.0685. The number of halogens is 3. The van der Waals surface area contributed by atoms with Crippen LogP contribution in [0.2, 0.25) is 29.7 Å². The number of hydrogen-bond donors (Lipinski definition) is 0. The first-order valence-electron chi connectivity index (χ1n) is 7.97. The van der Waals surface area contributed by atoms with E-state index in [9.17, 15) is 4.79 Å². The molecule has 0 saturated carbocycles. The fourth-order valence-corrected chi connectivity index (χ4v) is 3.69. The van der Waals surface area contributed by atoms with Crippen molar-refractivity contribution in [1.29, 1.82) is 0 Å². The molecule has 142 valence electrons. The van der Waals surface area contributed by atoms with E-state index in [0.29, 0.717) is 16.5 Å². The number of carbonyl (C=O) groups excluding carboxylic acids is 1. The highest BCUT2D eigenvalue weighted by Gasteiger charge is 2.21. The van der Waals surface area contributed by atoms with Gasteiger partial charge in [-0.15, -0.1) is 0 Å². The molecule has 0 aliphatic carbocycles. The van der Waals surface area contributed by atoms with Crippen molar-refractivity contribution in [3.63, 3.8) is 0 Å². The van der Waals surface area contributed by atoms with Crippen LogP contribution in [-0.4, -0.2) is 27.0 Å². The van der Waals surface area contributed by atoms with E-state index in [1.807, 2.05) is 6.08 Å². The van der Waals surface area contributed by atoms with Gasteiger partial charge in [-0.2, -0.15) is 0 Å². The molecular weight excluding hydrogens is 411 g/mol. The van der Waals surface area contributed by atoms with Crippen LogP contribution < -0.4 is 0 Å². The molecule has 1 atom stereocenters. The maximum Gasteiger partial charge on any atom is 0.339 e. The molecule has 0 aliphatic rings. The maximum absolute atomic E-state index is 12.2. The van der Waals surface area contributed by atoms with E-state index in [1.54, 1.807) is 12.1 Å². The largest absolute Gasteiger partial charge is 0.458 e. The van der Waals surface area contributed by atoms with Crippen LogP contribution in [0.5, 0.6) is 0 Å². The van der Waals surface area contributed by atoms with Gasteiger partial charge in [-0.05, 0) is 49.5 Å². The van der Waals surface area contributed by atoms with E-state index < -0.39 is 14.3 Å². The fourth-order valence-electron chi connectivity index (χ4n) is 2.06. The molecule has 0 amide bonds. The lowest BCUT2D eigenvalue weighted by Gasteiger charge is -2.25. The quantitative estimate of drug-likeness (QED) is 0.190. The number of benzene rings is 1. The van der Waals surface area contributed by atoms with Crippen molar-refractivity contribution in [3.8, 4) is 0 Å². The van der Waals surface area contributed by atoms with Crippen LogP contribution in [0, 0.1) is 0 Å². The summed E-state index contributed by atoms with van der Waals surface area (Å²) in [6.45, 7) is 13.9. The third kappa shape index (κ3) is 9.06. The lowest BCUT2D eigenvalue weighted by molar-refractivity contribution is 0.0533. The summed E-state index contributed by atoms with van der Waals surface area (Å²) < 4.78 is 11.4. The van der Waals surface area contributed by atoms with Crippen molar-refractivity contribution in [3.05, 3.63) is 69.7 Å². The molecule has 0 fully saturated rings. The van der Waals surface area contributed by atoms with Crippen LogP contribution in [0.4, 0.5) is 0 Å². The maximum atomic E-state index is 12.2. The highest BCUT2D eigenvalue weighted by Crippen LogP contribution is 2.22. The zero-order valence-corrected chi connectivity index (χ0v) is 18.4. The lowest BCUT2D eigenvalue weighted by Crippen LogP contribution is -2.31. The summed E-state index contributed by atoms with van der Waals surface area (Å²) in [5.41, 5.74) is 0.980. The van der Waals surface area contributed by atoms with Gasteiger partial charge in [-0.1, -0.05) is 54.0 Å². The Labute approximate surface area is 171 Å². The summed E-state index contributed by atoms with van der Waals surface area (Å²) in [5, 5.41) is 1.12. The summed E-state index contributed by atoms with van der Waals surface area (Å²) in [7, 11) is -1.77. The molecule has 0 heterocycles. The smallest absolute Gasteiger partial charge is 0.339 e. The van der Waals surface area contributed by atoms with Gasteiger partial charge in [-0.3, -0.25) is 0 Å². The average Bonchev–Trinajstić information content (AvgIpc) is 2.48. The van der Waals surface area contributed by atoms with Gasteiger partial charge in [0.2, 0.25) is 0 Å². The molecule has 1 aromatic rings. The van der Waals surface area contributed by atoms with E-state index in [2.05, 4.69) is 32.8 Å². The molecule has 1 rings (SSSR count). The Morgan fingerprint density at radius 2 is 1.92 bits per heavy atom. The SMILES string of the molecule is C=C(Cl)/C=C/[C@H](CC(=C)COC(=O)c1ccc(Cl)cc1Cl)O[Si](C)(C)C. The standard InChI is InChI=1S/C19H23Cl3O3Si/c1-13(10-16(8-6-14(2)20)25-26(3,4)5)12-24-19(23)17-9-7-15(21)11-18(17)22/h6-9,11,16H,1-2,10,12H2,3-5H3/b8-6+/t16-/m1/s1. The second-order valence-corrected chi connectivity index (χ2v) is 12.5. The van der Waals surface area contributed by atoms with Crippen molar-refractivity contribution >= 4 is 49.1 Å². The zero-order valence-electron chi connectivity index (χ0n) is 15.2. The number of carbonyl (C=O) groups is 1. The highest BCUT2D eigenvalue weighted by molar-refractivity contribution is 6.69.